The van der Waals surface area contributed by atoms with Crippen molar-refractivity contribution in [2.45, 2.75) is 19.9 Å². The molecule has 0 saturated carbocycles. The fourth-order valence-corrected chi connectivity index (χ4v) is 2.83. The summed E-state index contributed by atoms with van der Waals surface area (Å²) in [7, 11) is -3.10. The van der Waals surface area contributed by atoms with Crippen molar-refractivity contribution in [3.8, 4) is 0 Å². The van der Waals surface area contributed by atoms with E-state index in [1.807, 2.05) is 0 Å². The summed E-state index contributed by atoms with van der Waals surface area (Å²) in [6.07, 6.45) is 2.07. The topological polar surface area (TPSA) is 107 Å². The third-order valence-corrected chi connectivity index (χ3v) is 4.31. The Morgan fingerprint density at radius 3 is 2.74 bits per heavy atom. The van der Waals surface area contributed by atoms with Crippen molar-refractivity contribution >= 4 is 15.5 Å². The summed E-state index contributed by atoms with van der Waals surface area (Å²) in [5.74, 6) is 0.0706. The van der Waals surface area contributed by atoms with Gasteiger partial charge >= 0.3 is 0 Å². The molecule has 7 nitrogen and oxygen atoms in total. The third kappa shape index (κ3) is 5.39. The van der Waals surface area contributed by atoms with Crippen molar-refractivity contribution in [1.82, 2.24) is 9.78 Å². The van der Waals surface area contributed by atoms with Crippen LogP contribution in [0.5, 0.6) is 0 Å². The fourth-order valence-electron chi connectivity index (χ4n) is 1.55. The molecule has 0 saturated heterocycles. The van der Waals surface area contributed by atoms with Gasteiger partial charge in [0.05, 0.1) is 24.2 Å². The first-order chi connectivity index (χ1) is 8.98. The van der Waals surface area contributed by atoms with Crippen LogP contribution in [0.15, 0.2) is 17.1 Å². The SMILES string of the molecule is CCCS(=O)(=O)CCn1ncc(NCCN)cc1=O. The van der Waals surface area contributed by atoms with Crippen LogP contribution in [0.1, 0.15) is 13.3 Å². The molecule has 0 unspecified atom stereocenters. The molecule has 0 amide bonds. The Labute approximate surface area is 112 Å². The van der Waals surface area contributed by atoms with Gasteiger partial charge in [-0.15, -0.1) is 0 Å². The molecule has 0 aliphatic heterocycles. The van der Waals surface area contributed by atoms with Gasteiger partial charge in [-0.1, -0.05) is 6.92 Å². The van der Waals surface area contributed by atoms with Crippen LogP contribution in [0.4, 0.5) is 5.69 Å². The lowest BCUT2D eigenvalue weighted by molar-refractivity contribution is 0.570. The van der Waals surface area contributed by atoms with Crippen molar-refractivity contribution in [2.75, 3.05) is 29.9 Å². The molecule has 0 radical (unpaired) electrons. The van der Waals surface area contributed by atoms with E-state index in [2.05, 4.69) is 10.4 Å². The molecule has 3 N–H and O–H groups in total. The molecule has 8 heteroatoms. The van der Waals surface area contributed by atoms with E-state index in [9.17, 15) is 13.2 Å². The number of rotatable bonds is 8. The molecule has 1 rings (SSSR count). The smallest absolute Gasteiger partial charge is 0.268 e. The predicted molar refractivity (Wildman–Crippen MR) is 75.0 cm³/mol. The number of nitrogens with one attached hydrogen (secondary N) is 1. The van der Waals surface area contributed by atoms with Gasteiger partial charge in [-0.05, 0) is 6.42 Å². The summed E-state index contributed by atoms with van der Waals surface area (Å²) in [5.41, 5.74) is 5.60. The zero-order valence-electron chi connectivity index (χ0n) is 11.0. The molecule has 1 aromatic heterocycles. The van der Waals surface area contributed by atoms with Gasteiger partial charge in [-0.25, -0.2) is 13.1 Å². The second kappa shape index (κ2) is 7.25. The maximum absolute atomic E-state index is 11.7. The second-order valence-corrected chi connectivity index (χ2v) is 6.48. The molecule has 0 aromatic carbocycles. The number of hydrogen-bond donors (Lipinski definition) is 2. The van der Waals surface area contributed by atoms with Crippen molar-refractivity contribution in [1.29, 1.82) is 0 Å². The van der Waals surface area contributed by atoms with Gasteiger partial charge in [0, 0.05) is 24.9 Å². The van der Waals surface area contributed by atoms with Gasteiger partial charge in [-0.3, -0.25) is 4.79 Å². The van der Waals surface area contributed by atoms with Crippen molar-refractivity contribution in [3.05, 3.63) is 22.6 Å². The predicted octanol–water partition coefficient (Wildman–Crippen LogP) is -0.561. The van der Waals surface area contributed by atoms with E-state index in [1.54, 1.807) is 6.92 Å². The largest absolute Gasteiger partial charge is 0.382 e. The molecule has 1 heterocycles. The summed E-state index contributed by atoms with van der Waals surface area (Å²) >= 11 is 0. The molecule has 0 bridgehead atoms. The standard InChI is InChI=1S/C11H20N4O3S/c1-2-6-19(17,18)7-5-15-11(16)8-10(9-14-15)13-4-3-12/h8-9,13H,2-7,12H2,1H3. The van der Waals surface area contributed by atoms with Crippen LogP contribution >= 0.6 is 0 Å². The minimum absolute atomic E-state index is 0.0661. The molecular weight excluding hydrogens is 268 g/mol. The van der Waals surface area contributed by atoms with Gasteiger partial charge < -0.3 is 11.1 Å². The molecule has 0 spiro atoms. The number of aryl methyl sites for hydroxylation is 1. The van der Waals surface area contributed by atoms with Crippen LogP contribution < -0.4 is 16.6 Å². The van der Waals surface area contributed by atoms with E-state index in [1.165, 1.54) is 12.3 Å². The highest BCUT2D eigenvalue weighted by atomic mass is 32.2. The number of nitrogens with zero attached hydrogens (tertiary/aromatic N) is 2. The maximum Gasteiger partial charge on any atom is 0.268 e. The number of aromatic nitrogens is 2. The summed E-state index contributed by atoms with van der Waals surface area (Å²) in [4.78, 5) is 11.7. The van der Waals surface area contributed by atoms with Crippen LogP contribution in [-0.4, -0.2) is 42.8 Å². The second-order valence-electron chi connectivity index (χ2n) is 4.17. The van der Waals surface area contributed by atoms with Crippen molar-refractivity contribution < 1.29 is 8.42 Å². The molecule has 1 aromatic rings. The van der Waals surface area contributed by atoms with Crippen LogP contribution in [-0.2, 0) is 16.4 Å². The van der Waals surface area contributed by atoms with Gasteiger partial charge in [0.15, 0.2) is 9.84 Å². The van der Waals surface area contributed by atoms with E-state index < -0.39 is 9.84 Å². The zero-order chi connectivity index (χ0) is 14.3. The average Bonchev–Trinajstić information content (AvgIpc) is 2.35. The Bertz CT molecular complexity index is 553. The quantitative estimate of drug-likeness (QED) is 0.664. The van der Waals surface area contributed by atoms with Gasteiger partial charge in [-0.2, -0.15) is 5.10 Å². The van der Waals surface area contributed by atoms with E-state index >= 15 is 0 Å². The van der Waals surface area contributed by atoms with E-state index in [-0.39, 0.29) is 23.6 Å². The number of sulfone groups is 1. The highest BCUT2D eigenvalue weighted by Gasteiger charge is 2.10. The van der Waals surface area contributed by atoms with Crippen molar-refractivity contribution in [3.63, 3.8) is 0 Å². The maximum atomic E-state index is 11.7. The summed E-state index contributed by atoms with van der Waals surface area (Å²) in [6.45, 7) is 2.90. The van der Waals surface area contributed by atoms with Crippen LogP contribution in [0.2, 0.25) is 0 Å². The molecule has 0 fully saturated rings. The lowest BCUT2D eigenvalue weighted by Gasteiger charge is -2.07. The summed E-state index contributed by atoms with van der Waals surface area (Å²) in [6, 6.07) is 1.38. The summed E-state index contributed by atoms with van der Waals surface area (Å²) < 4.78 is 24.3. The highest BCUT2D eigenvalue weighted by Crippen LogP contribution is 1.99. The fraction of sp³-hybridized carbons (Fsp3) is 0.636. The van der Waals surface area contributed by atoms with Crippen LogP contribution in [0.3, 0.4) is 0 Å². The Morgan fingerprint density at radius 2 is 2.16 bits per heavy atom. The normalized spacial score (nSPS) is 11.5. The Morgan fingerprint density at radius 1 is 1.42 bits per heavy atom. The third-order valence-electron chi connectivity index (χ3n) is 2.47. The highest BCUT2D eigenvalue weighted by molar-refractivity contribution is 7.91. The van der Waals surface area contributed by atoms with Gasteiger partial charge in [0.1, 0.15) is 0 Å². The first kappa shape index (κ1) is 15.6. The first-order valence-corrected chi connectivity index (χ1v) is 8.02. The van der Waals surface area contributed by atoms with Crippen LogP contribution in [0, 0.1) is 0 Å². The Balaban J connectivity index is 2.68. The molecule has 0 atom stereocenters. The van der Waals surface area contributed by atoms with Gasteiger partial charge in [0.2, 0.25) is 0 Å². The molecular formula is C11H20N4O3S. The minimum Gasteiger partial charge on any atom is -0.382 e. The minimum atomic E-state index is -3.10. The molecule has 0 aliphatic carbocycles. The van der Waals surface area contributed by atoms with E-state index in [0.717, 1.165) is 4.68 Å². The molecule has 0 aliphatic rings. The zero-order valence-corrected chi connectivity index (χ0v) is 11.8. The average molecular weight is 288 g/mol. The monoisotopic (exact) mass is 288 g/mol. The summed E-state index contributed by atoms with van der Waals surface area (Å²) in [5, 5.41) is 6.87. The molecule has 108 valence electrons. The Kier molecular flexibility index (Phi) is 5.97. The van der Waals surface area contributed by atoms with Crippen molar-refractivity contribution in [2.24, 2.45) is 5.73 Å². The first-order valence-electron chi connectivity index (χ1n) is 6.20. The van der Waals surface area contributed by atoms with Gasteiger partial charge in [0.25, 0.3) is 5.56 Å². The lowest BCUT2D eigenvalue weighted by atomic mass is 10.4. The molecule has 19 heavy (non-hydrogen) atoms. The number of anilines is 1. The van der Waals surface area contributed by atoms with Crippen LogP contribution in [0.25, 0.3) is 0 Å². The Hall–Kier alpha value is -1.41. The van der Waals surface area contributed by atoms with E-state index in [0.29, 0.717) is 25.2 Å². The van der Waals surface area contributed by atoms with E-state index in [4.69, 9.17) is 5.73 Å². The number of hydrogen-bond acceptors (Lipinski definition) is 6. The number of nitrogens with two attached hydrogens (primary N) is 1. The lowest BCUT2D eigenvalue weighted by Crippen LogP contribution is -2.27.